The van der Waals surface area contributed by atoms with Gasteiger partial charge in [-0.1, -0.05) is 30.1 Å². The van der Waals surface area contributed by atoms with Crippen molar-refractivity contribution in [3.8, 4) is 0 Å². The number of nitrogens with one attached hydrogen (secondary N) is 2. The molecule has 1 aromatic rings. The van der Waals surface area contributed by atoms with Gasteiger partial charge in [-0.25, -0.2) is 8.42 Å². The lowest BCUT2D eigenvalue weighted by Crippen LogP contribution is -2.20. The number of anilines is 1. The summed E-state index contributed by atoms with van der Waals surface area (Å²) in [4.78, 5) is 0. The van der Waals surface area contributed by atoms with Crippen LogP contribution in [0.4, 0.5) is 5.69 Å². The molecule has 0 heterocycles. The van der Waals surface area contributed by atoms with E-state index in [0.717, 1.165) is 25.9 Å². The Hall–Kier alpha value is -0.490. The van der Waals surface area contributed by atoms with Crippen molar-refractivity contribution in [2.45, 2.75) is 26.2 Å². The maximum atomic E-state index is 11.9. The van der Waals surface area contributed by atoms with Gasteiger partial charge in [-0.2, -0.15) is 0 Å². The largest absolute Gasteiger partial charge is 0.317 e. The van der Waals surface area contributed by atoms with E-state index in [-0.39, 0.29) is 5.75 Å². The minimum atomic E-state index is -3.39. The van der Waals surface area contributed by atoms with Gasteiger partial charge in [-0.3, -0.25) is 4.72 Å². The highest BCUT2D eigenvalue weighted by Gasteiger charge is 2.12. The Morgan fingerprint density at radius 3 is 2.60 bits per heavy atom. The van der Waals surface area contributed by atoms with E-state index in [1.807, 2.05) is 0 Å². The van der Waals surface area contributed by atoms with Crippen molar-refractivity contribution in [2.24, 2.45) is 0 Å². The molecular weight excluding hydrogens is 319 g/mol. The summed E-state index contributed by atoms with van der Waals surface area (Å²) in [6.45, 7) is 3.89. The fraction of sp³-hybridized carbons (Fsp3) is 0.538. The number of sulfonamides is 1. The molecule has 7 heteroatoms. The van der Waals surface area contributed by atoms with Crippen LogP contribution in [0.1, 0.15) is 26.2 Å². The van der Waals surface area contributed by atoms with Gasteiger partial charge in [0.2, 0.25) is 10.0 Å². The van der Waals surface area contributed by atoms with E-state index in [0.29, 0.717) is 22.2 Å². The molecule has 0 saturated carbocycles. The molecule has 0 aliphatic heterocycles. The lowest BCUT2D eigenvalue weighted by molar-refractivity contribution is 0.590. The molecule has 0 bridgehead atoms. The summed E-state index contributed by atoms with van der Waals surface area (Å²) in [6.07, 6.45) is 2.50. The van der Waals surface area contributed by atoms with E-state index < -0.39 is 10.0 Å². The van der Waals surface area contributed by atoms with Crippen molar-refractivity contribution in [3.63, 3.8) is 0 Å². The van der Waals surface area contributed by atoms with Gasteiger partial charge in [0.25, 0.3) is 0 Å². The zero-order chi connectivity index (χ0) is 15.0. The second-order valence-corrected chi connectivity index (χ2v) is 7.19. The van der Waals surface area contributed by atoms with Gasteiger partial charge < -0.3 is 5.32 Å². The topological polar surface area (TPSA) is 58.2 Å². The first-order valence-electron chi connectivity index (χ1n) is 6.61. The van der Waals surface area contributed by atoms with Crippen LogP contribution in [0.15, 0.2) is 18.2 Å². The molecule has 4 nitrogen and oxygen atoms in total. The molecule has 20 heavy (non-hydrogen) atoms. The van der Waals surface area contributed by atoms with Gasteiger partial charge in [-0.15, -0.1) is 0 Å². The average molecular weight is 339 g/mol. The van der Waals surface area contributed by atoms with Gasteiger partial charge in [0.05, 0.1) is 16.5 Å². The Morgan fingerprint density at radius 1 is 1.15 bits per heavy atom. The summed E-state index contributed by atoms with van der Waals surface area (Å²) in [6, 6.07) is 4.68. The van der Waals surface area contributed by atoms with Crippen LogP contribution >= 0.6 is 23.2 Å². The van der Waals surface area contributed by atoms with Gasteiger partial charge >= 0.3 is 0 Å². The molecule has 1 rings (SSSR count). The Kier molecular flexibility index (Phi) is 7.66. The molecule has 114 valence electrons. The van der Waals surface area contributed by atoms with Crippen molar-refractivity contribution >= 4 is 38.9 Å². The summed E-state index contributed by atoms with van der Waals surface area (Å²) >= 11 is 11.7. The fourth-order valence-corrected chi connectivity index (χ4v) is 3.22. The molecule has 0 radical (unpaired) electrons. The minimum absolute atomic E-state index is 0.0731. The Bertz CT molecular complexity index is 521. The first kappa shape index (κ1) is 17.6. The van der Waals surface area contributed by atoms with E-state index in [1.54, 1.807) is 12.1 Å². The number of benzene rings is 1. The van der Waals surface area contributed by atoms with Gasteiger partial charge in [-0.05, 0) is 50.6 Å². The zero-order valence-electron chi connectivity index (χ0n) is 11.5. The summed E-state index contributed by atoms with van der Waals surface area (Å²) in [5.41, 5.74) is 0.322. The Balaban J connectivity index is 2.43. The molecule has 0 aliphatic carbocycles. The normalized spacial score (nSPS) is 11.6. The van der Waals surface area contributed by atoms with Gasteiger partial charge in [0, 0.05) is 5.02 Å². The van der Waals surface area contributed by atoms with Crippen molar-refractivity contribution in [3.05, 3.63) is 28.2 Å². The Morgan fingerprint density at radius 2 is 1.90 bits per heavy atom. The van der Waals surface area contributed by atoms with E-state index in [4.69, 9.17) is 23.2 Å². The molecule has 0 aliphatic rings. The fourth-order valence-electron chi connectivity index (χ4n) is 1.64. The predicted octanol–water partition coefficient (Wildman–Crippen LogP) is 3.51. The highest BCUT2D eigenvalue weighted by atomic mass is 35.5. The summed E-state index contributed by atoms with van der Waals surface area (Å²) < 4.78 is 26.3. The Labute approximate surface area is 130 Å². The smallest absolute Gasteiger partial charge is 0.232 e. The van der Waals surface area contributed by atoms with Crippen molar-refractivity contribution in [2.75, 3.05) is 23.6 Å². The van der Waals surface area contributed by atoms with Gasteiger partial charge in [0.15, 0.2) is 0 Å². The highest BCUT2D eigenvalue weighted by molar-refractivity contribution is 7.92. The number of rotatable bonds is 9. The molecule has 1 aromatic carbocycles. The molecule has 0 spiro atoms. The number of unbranched alkanes of at least 4 members (excludes halogenated alkanes) is 1. The van der Waals surface area contributed by atoms with Crippen LogP contribution in [0.5, 0.6) is 0 Å². The van der Waals surface area contributed by atoms with Crippen LogP contribution in [0.25, 0.3) is 0 Å². The lowest BCUT2D eigenvalue weighted by atomic mass is 10.3. The predicted molar refractivity (Wildman–Crippen MR) is 86.3 cm³/mol. The maximum Gasteiger partial charge on any atom is 0.232 e. The number of hydrogen-bond donors (Lipinski definition) is 2. The molecule has 0 fully saturated rings. The van der Waals surface area contributed by atoms with Crippen molar-refractivity contribution in [1.29, 1.82) is 0 Å². The first-order valence-corrected chi connectivity index (χ1v) is 9.01. The highest BCUT2D eigenvalue weighted by Crippen LogP contribution is 2.26. The second-order valence-electron chi connectivity index (χ2n) is 4.50. The molecule has 0 aromatic heterocycles. The van der Waals surface area contributed by atoms with E-state index in [1.165, 1.54) is 6.07 Å². The molecular formula is C13H20Cl2N2O2S. The van der Waals surface area contributed by atoms with E-state index in [2.05, 4.69) is 17.0 Å². The summed E-state index contributed by atoms with van der Waals surface area (Å²) in [5.74, 6) is 0.0731. The SMILES string of the molecule is CCCNCCCCS(=O)(=O)Nc1cc(Cl)ccc1Cl. The quantitative estimate of drug-likeness (QED) is 0.677. The maximum absolute atomic E-state index is 11.9. The van der Waals surface area contributed by atoms with Crippen LogP contribution in [0, 0.1) is 0 Å². The molecule has 0 unspecified atom stereocenters. The van der Waals surface area contributed by atoms with Gasteiger partial charge in [0.1, 0.15) is 0 Å². The molecule has 2 N–H and O–H groups in total. The molecule has 0 atom stereocenters. The zero-order valence-corrected chi connectivity index (χ0v) is 13.8. The van der Waals surface area contributed by atoms with E-state index >= 15 is 0 Å². The minimum Gasteiger partial charge on any atom is -0.317 e. The molecule has 0 amide bonds. The number of hydrogen-bond acceptors (Lipinski definition) is 3. The third-order valence-electron chi connectivity index (χ3n) is 2.64. The monoisotopic (exact) mass is 338 g/mol. The van der Waals surface area contributed by atoms with Crippen LogP contribution in [-0.4, -0.2) is 27.3 Å². The molecule has 0 saturated heterocycles. The summed E-state index contributed by atoms with van der Waals surface area (Å²) in [7, 11) is -3.39. The van der Waals surface area contributed by atoms with Crippen LogP contribution < -0.4 is 10.0 Å². The average Bonchev–Trinajstić information content (AvgIpc) is 2.38. The second kappa shape index (κ2) is 8.72. The first-order chi connectivity index (χ1) is 9.44. The lowest BCUT2D eigenvalue weighted by Gasteiger charge is -2.10. The third kappa shape index (κ3) is 6.79. The van der Waals surface area contributed by atoms with Crippen LogP contribution in [0.2, 0.25) is 10.0 Å². The van der Waals surface area contributed by atoms with E-state index in [9.17, 15) is 8.42 Å². The van der Waals surface area contributed by atoms with Crippen LogP contribution in [0.3, 0.4) is 0 Å². The third-order valence-corrected chi connectivity index (χ3v) is 4.56. The van der Waals surface area contributed by atoms with Crippen LogP contribution in [-0.2, 0) is 10.0 Å². The number of halogens is 2. The standard InChI is InChI=1S/C13H20Cl2N2O2S/c1-2-7-16-8-3-4-9-20(18,19)17-13-10-11(14)5-6-12(13)15/h5-6,10,16-17H,2-4,7-9H2,1H3. The van der Waals surface area contributed by atoms with Crippen molar-refractivity contribution in [1.82, 2.24) is 5.32 Å². The summed E-state index contributed by atoms with van der Waals surface area (Å²) in [5, 5.41) is 4.01. The van der Waals surface area contributed by atoms with Crippen molar-refractivity contribution < 1.29 is 8.42 Å².